The Morgan fingerprint density at radius 2 is 2.25 bits per heavy atom. The molecule has 0 radical (unpaired) electrons. The topological polar surface area (TPSA) is 49.8 Å². The van der Waals surface area contributed by atoms with E-state index in [1.165, 1.54) is 13.3 Å². The van der Waals surface area contributed by atoms with Crippen LogP contribution >= 0.6 is 0 Å². The summed E-state index contributed by atoms with van der Waals surface area (Å²) in [6.07, 6.45) is 3.77. The first kappa shape index (κ1) is 15.0. The first-order valence-electron chi connectivity index (χ1n) is 7.19. The Morgan fingerprint density at radius 3 is 2.90 bits per heavy atom. The molecule has 1 unspecified atom stereocenters. The lowest BCUT2D eigenvalue weighted by Gasteiger charge is -2.27. The number of aromatic hydroxyl groups is 1. The molecule has 1 fully saturated rings. The van der Waals surface area contributed by atoms with Crippen molar-refractivity contribution in [2.75, 3.05) is 20.2 Å². The molecule has 4 nitrogen and oxygen atoms in total. The zero-order valence-corrected chi connectivity index (χ0v) is 12.3. The fourth-order valence-corrected chi connectivity index (χ4v) is 2.59. The molecular weight excluding hydrogens is 254 g/mol. The molecule has 0 spiro atoms. The van der Waals surface area contributed by atoms with Gasteiger partial charge in [0.15, 0.2) is 5.78 Å². The van der Waals surface area contributed by atoms with Gasteiger partial charge in [0.05, 0.1) is 6.10 Å². The van der Waals surface area contributed by atoms with E-state index in [1.807, 2.05) is 7.05 Å². The molecule has 1 aliphatic rings. The number of carbonyl (C=O) groups is 1. The van der Waals surface area contributed by atoms with Crippen LogP contribution in [0.2, 0.25) is 0 Å². The Hall–Kier alpha value is -1.39. The number of phenols is 1. The highest BCUT2D eigenvalue weighted by Crippen LogP contribution is 2.21. The number of Topliss-reactive ketones (excluding diaryl/α,β-unsaturated/α-hetero) is 1. The Balaban J connectivity index is 1.97. The van der Waals surface area contributed by atoms with Gasteiger partial charge in [0.25, 0.3) is 0 Å². The molecule has 1 saturated heterocycles. The van der Waals surface area contributed by atoms with Crippen LogP contribution in [0.25, 0.3) is 0 Å². The second-order valence-corrected chi connectivity index (χ2v) is 5.59. The van der Waals surface area contributed by atoms with Crippen LogP contribution < -0.4 is 0 Å². The third-order valence-corrected chi connectivity index (χ3v) is 3.72. The van der Waals surface area contributed by atoms with Gasteiger partial charge in [0.1, 0.15) is 5.75 Å². The maximum absolute atomic E-state index is 11.4. The molecule has 2 rings (SSSR count). The molecule has 1 aromatic rings. The average Bonchev–Trinajstić information content (AvgIpc) is 2.42. The van der Waals surface area contributed by atoms with Crippen molar-refractivity contribution >= 4 is 5.78 Å². The third kappa shape index (κ3) is 4.05. The third-order valence-electron chi connectivity index (χ3n) is 3.72. The molecule has 0 aliphatic carbocycles. The maximum atomic E-state index is 11.4. The van der Waals surface area contributed by atoms with E-state index in [0.717, 1.165) is 31.6 Å². The van der Waals surface area contributed by atoms with E-state index in [9.17, 15) is 9.90 Å². The van der Waals surface area contributed by atoms with Crippen LogP contribution in [-0.4, -0.2) is 42.1 Å². The summed E-state index contributed by atoms with van der Waals surface area (Å²) in [5, 5.41) is 9.90. The number of nitrogens with zero attached hydrogens (tertiary/aromatic N) is 1. The van der Waals surface area contributed by atoms with Gasteiger partial charge in [-0.3, -0.25) is 9.69 Å². The molecule has 20 heavy (non-hydrogen) atoms. The van der Waals surface area contributed by atoms with E-state index < -0.39 is 0 Å². The van der Waals surface area contributed by atoms with Gasteiger partial charge in [0, 0.05) is 30.8 Å². The van der Waals surface area contributed by atoms with Crippen LogP contribution in [0.5, 0.6) is 5.75 Å². The zero-order valence-electron chi connectivity index (χ0n) is 12.3. The van der Waals surface area contributed by atoms with Crippen LogP contribution in [0.3, 0.4) is 0 Å². The van der Waals surface area contributed by atoms with Crippen LogP contribution in [0.1, 0.15) is 42.1 Å². The van der Waals surface area contributed by atoms with Crippen molar-refractivity contribution in [1.82, 2.24) is 4.90 Å². The van der Waals surface area contributed by atoms with Gasteiger partial charge in [-0.2, -0.15) is 0 Å². The number of carbonyl (C=O) groups excluding carboxylic acids is 1. The standard InChI is InChI=1S/C16H23NO3/c1-12(18)13-6-7-16(19)14(9-13)10-17(2)11-15-5-3-4-8-20-15/h6-7,9,15,19H,3-5,8,10-11H2,1-2H3. The van der Waals surface area contributed by atoms with Gasteiger partial charge in [0.2, 0.25) is 0 Å². The minimum Gasteiger partial charge on any atom is -0.508 e. The van der Waals surface area contributed by atoms with Crippen LogP contribution in [-0.2, 0) is 11.3 Å². The maximum Gasteiger partial charge on any atom is 0.159 e. The van der Waals surface area contributed by atoms with Crippen molar-refractivity contribution in [3.8, 4) is 5.75 Å². The molecular formula is C16H23NO3. The normalized spacial score (nSPS) is 19.2. The Morgan fingerprint density at radius 1 is 1.45 bits per heavy atom. The smallest absolute Gasteiger partial charge is 0.159 e. The first-order chi connectivity index (χ1) is 9.56. The van der Waals surface area contributed by atoms with Gasteiger partial charge in [-0.05, 0) is 51.4 Å². The molecule has 4 heteroatoms. The quantitative estimate of drug-likeness (QED) is 0.840. The molecule has 1 atom stereocenters. The summed E-state index contributed by atoms with van der Waals surface area (Å²) in [7, 11) is 2.01. The van der Waals surface area contributed by atoms with Gasteiger partial charge >= 0.3 is 0 Å². The molecule has 110 valence electrons. The SMILES string of the molecule is CC(=O)c1ccc(O)c(CN(C)CC2CCCCO2)c1. The highest BCUT2D eigenvalue weighted by Gasteiger charge is 2.17. The highest BCUT2D eigenvalue weighted by atomic mass is 16.5. The summed E-state index contributed by atoms with van der Waals surface area (Å²) in [6.45, 7) is 3.86. The summed E-state index contributed by atoms with van der Waals surface area (Å²) >= 11 is 0. The second kappa shape index (κ2) is 6.86. The summed E-state index contributed by atoms with van der Waals surface area (Å²) in [5.41, 5.74) is 1.43. The lowest BCUT2D eigenvalue weighted by atomic mass is 10.1. The van der Waals surface area contributed by atoms with Crippen LogP contribution in [0.15, 0.2) is 18.2 Å². The number of rotatable bonds is 5. The Labute approximate surface area is 120 Å². The molecule has 0 saturated carbocycles. The van der Waals surface area contributed by atoms with Crippen molar-refractivity contribution in [2.24, 2.45) is 0 Å². The number of ketones is 1. The zero-order chi connectivity index (χ0) is 14.5. The fraction of sp³-hybridized carbons (Fsp3) is 0.562. The molecule has 0 amide bonds. The predicted octanol–water partition coefficient (Wildman–Crippen LogP) is 2.60. The lowest BCUT2D eigenvalue weighted by molar-refractivity contribution is -0.00268. The average molecular weight is 277 g/mol. The monoisotopic (exact) mass is 277 g/mol. The van der Waals surface area contributed by atoms with Crippen molar-refractivity contribution in [3.63, 3.8) is 0 Å². The summed E-state index contributed by atoms with van der Waals surface area (Å²) in [5.74, 6) is 0.260. The van der Waals surface area contributed by atoms with Crippen molar-refractivity contribution in [1.29, 1.82) is 0 Å². The number of hydrogen-bond donors (Lipinski definition) is 1. The Bertz CT molecular complexity index is 467. The van der Waals surface area contributed by atoms with Crippen molar-refractivity contribution in [3.05, 3.63) is 29.3 Å². The van der Waals surface area contributed by atoms with E-state index >= 15 is 0 Å². The lowest BCUT2D eigenvalue weighted by Crippen LogP contribution is -2.33. The molecule has 1 N–H and O–H groups in total. The predicted molar refractivity (Wildman–Crippen MR) is 78.0 cm³/mol. The summed E-state index contributed by atoms with van der Waals surface area (Å²) in [6, 6.07) is 5.03. The van der Waals surface area contributed by atoms with Gasteiger partial charge in [-0.1, -0.05) is 0 Å². The minimum absolute atomic E-state index is 0.0181. The number of phenolic OH excluding ortho intramolecular Hbond substituents is 1. The summed E-state index contributed by atoms with van der Waals surface area (Å²) < 4.78 is 5.72. The van der Waals surface area contributed by atoms with E-state index in [4.69, 9.17) is 4.74 Å². The number of hydrogen-bond acceptors (Lipinski definition) is 4. The molecule has 1 aliphatic heterocycles. The second-order valence-electron chi connectivity index (χ2n) is 5.59. The number of likely N-dealkylation sites (N-methyl/N-ethyl adjacent to an activating group) is 1. The molecule has 1 aromatic carbocycles. The van der Waals surface area contributed by atoms with Crippen LogP contribution in [0.4, 0.5) is 0 Å². The van der Waals surface area contributed by atoms with E-state index in [0.29, 0.717) is 12.1 Å². The molecule has 1 heterocycles. The number of benzene rings is 1. The fourth-order valence-electron chi connectivity index (χ4n) is 2.59. The van der Waals surface area contributed by atoms with E-state index in [-0.39, 0.29) is 17.6 Å². The van der Waals surface area contributed by atoms with Gasteiger partial charge < -0.3 is 9.84 Å². The summed E-state index contributed by atoms with van der Waals surface area (Å²) in [4.78, 5) is 13.5. The van der Waals surface area contributed by atoms with Crippen molar-refractivity contribution in [2.45, 2.75) is 38.8 Å². The highest BCUT2D eigenvalue weighted by molar-refractivity contribution is 5.94. The van der Waals surface area contributed by atoms with Gasteiger partial charge in [-0.25, -0.2) is 0 Å². The number of ether oxygens (including phenoxy) is 1. The molecule has 0 bridgehead atoms. The molecule has 0 aromatic heterocycles. The first-order valence-corrected chi connectivity index (χ1v) is 7.19. The van der Waals surface area contributed by atoms with E-state index in [2.05, 4.69) is 4.90 Å². The van der Waals surface area contributed by atoms with E-state index in [1.54, 1.807) is 18.2 Å². The van der Waals surface area contributed by atoms with Crippen molar-refractivity contribution < 1.29 is 14.6 Å². The largest absolute Gasteiger partial charge is 0.508 e. The van der Waals surface area contributed by atoms with Gasteiger partial charge in [-0.15, -0.1) is 0 Å². The Kier molecular flexibility index (Phi) is 5.15. The van der Waals surface area contributed by atoms with Crippen LogP contribution in [0, 0.1) is 0 Å². The minimum atomic E-state index is 0.0181.